The van der Waals surface area contributed by atoms with Crippen molar-refractivity contribution in [3.05, 3.63) is 29.8 Å². The molecule has 2 atom stereocenters. The van der Waals surface area contributed by atoms with Crippen LogP contribution in [0.25, 0.3) is 0 Å². The minimum atomic E-state index is -0.809. The first-order valence-electron chi connectivity index (χ1n) is 7.28. The number of benzene rings is 1. The summed E-state index contributed by atoms with van der Waals surface area (Å²) in [7, 11) is 0. The zero-order chi connectivity index (χ0) is 15.2. The predicted octanol–water partition coefficient (Wildman–Crippen LogP) is 2.77. The van der Waals surface area contributed by atoms with E-state index < -0.39 is 5.97 Å². The lowest BCUT2D eigenvalue weighted by atomic mass is 9.98. The summed E-state index contributed by atoms with van der Waals surface area (Å²) in [6.07, 6.45) is 2.49. The van der Waals surface area contributed by atoms with E-state index in [9.17, 15) is 9.59 Å². The van der Waals surface area contributed by atoms with Crippen LogP contribution >= 0.6 is 0 Å². The first kappa shape index (κ1) is 15.5. The van der Waals surface area contributed by atoms with E-state index in [0.29, 0.717) is 6.42 Å². The van der Waals surface area contributed by atoms with Crippen molar-refractivity contribution < 1.29 is 19.4 Å². The topological polar surface area (TPSA) is 75.6 Å². The lowest BCUT2D eigenvalue weighted by Gasteiger charge is -2.12. The van der Waals surface area contributed by atoms with Crippen molar-refractivity contribution in [1.29, 1.82) is 0 Å². The molecule has 114 valence electrons. The van der Waals surface area contributed by atoms with Crippen LogP contribution in [-0.2, 0) is 14.3 Å². The third-order valence-corrected chi connectivity index (χ3v) is 3.68. The Morgan fingerprint density at radius 2 is 2.10 bits per heavy atom. The number of carbonyl (C=O) groups excluding carboxylic acids is 1. The van der Waals surface area contributed by atoms with Crippen LogP contribution in [0.15, 0.2) is 24.3 Å². The highest BCUT2D eigenvalue weighted by Gasteiger charge is 2.19. The molecule has 0 radical (unpaired) electrons. The summed E-state index contributed by atoms with van der Waals surface area (Å²) in [5.41, 5.74) is 1.68. The number of carboxylic acids is 1. The van der Waals surface area contributed by atoms with Gasteiger partial charge in [-0.15, -0.1) is 0 Å². The number of anilines is 1. The maximum absolute atomic E-state index is 11.9. The fourth-order valence-corrected chi connectivity index (χ4v) is 2.50. The number of ether oxygens (including phenoxy) is 1. The van der Waals surface area contributed by atoms with Crippen molar-refractivity contribution >= 4 is 17.6 Å². The van der Waals surface area contributed by atoms with Gasteiger partial charge in [-0.3, -0.25) is 9.59 Å². The quantitative estimate of drug-likeness (QED) is 0.845. The van der Waals surface area contributed by atoms with Gasteiger partial charge in [0.2, 0.25) is 5.91 Å². The zero-order valence-corrected chi connectivity index (χ0v) is 12.2. The average Bonchev–Trinajstić information content (AvgIpc) is 2.91. The van der Waals surface area contributed by atoms with E-state index in [0.717, 1.165) is 30.7 Å². The van der Waals surface area contributed by atoms with Crippen LogP contribution in [-0.4, -0.2) is 29.7 Å². The third-order valence-electron chi connectivity index (χ3n) is 3.68. The van der Waals surface area contributed by atoms with Gasteiger partial charge in [0, 0.05) is 12.3 Å². The number of rotatable bonds is 6. The minimum absolute atomic E-state index is 0.0415. The van der Waals surface area contributed by atoms with Crippen molar-refractivity contribution in [3.63, 3.8) is 0 Å². The standard InChI is InChI=1S/C16H21NO4/c1-11(9-16(19)20)12-4-6-13(7-5-12)17-15(18)10-14-3-2-8-21-14/h4-7,11,14H,2-3,8-10H2,1H3,(H,17,18)(H,19,20). The van der Waals surface area contributed by atoms with Crippen LogP contribution in [0.1, 0.15) is 44.1 Å². The smallest absolute Gasteiger partial charge is 0.303 e. The molecule has 0 spiro atoms. The molecule has 0 saturated carbocycles. The zero-order valence-electron chi connectivity index (χ0n) is 12.2. The van der Waals surface area contributed by atoms with Gasteiger partial charge in [0.25, 0.3) is 0 Å². The van der Waals surface area contributed by atoms with E-state index in [1.165, 1.54) is 0 Å². The molecular formula is C16H21NO4. The maximum atomic E-state index is 11.9. The van der Waals surface area contributed by atoms with Gasteiger partial charge in [0.05, 0.1) is 18.9 Å². The fraction of sp³-hybridized carbons (Fsp3) is 0.500. The van der Waals surface area contributed by atoms with Crippen LogP contribution in [0.5, 0.6) is 0 Å². The molecule has 0 aromatic heterocycles. The second-order valence-electron chi connectivity index (χ2n) is 5.51. The summed E-state index contributed by atoms with van der Waals surface area (Å²) in [5, 5.41) is 11.6. The highest BCUT2D eigenvalue weighted by molar-refractivity contribution is 5.91. The van der Waals surface area contributed by atoms with E-state index >= 15 is 0 Å². The lowest BCUT2D eigenvalue weighted by molar-refractivity contribution is -0.137. The first-order chi connectivity index (χ1) is 10.0. The molecule has 0 aliphatic carbocycles. The molecule has 21 heavy (non-hydrogen) atoms. The Hall–Kier alpha value is -1.88. The molecule has 5 heteroatoms. The average molecular weight is 291 g/mol. The second-order valence-corrected chi connectivity index (χ2v) is 5.51. The Morgan fingerprint density at radius 1 is 1.38 bits per heavy atom. The highest BCUT2D eigenvalue weighted by atomic mass is 16.5. The highest BCUT2D eigenvalue weighted by Crippen LogP contribution is 2.21. The summed E-state index contributed by atoms with van der Waals surface area (Å²) in [6.45, 7) is 2.62. The van der Waals surface area contributed by atoms with Crippen molar-refractivity contribution in [1.82, 2.24) is 0 Å². The number of amides is 1. The molecule has 1 aromatic rings. The van der Waals surface area contributed by atoms with Crippen LogP contribution in [0.4, 0.5) is 5.69 Å². The number of nitrogens with one attached hydrogen (secondary N) is 1. The van der Waals surface area contributed by atoms with Gasteiger partial charge in [-0.25, -0.2) is 0 Å². The Morgan fingerprint density at radius 3 is 2.67 bits per heavy atom. The minimum Gasteiger partial charge on any atom is -0.481 e. The van der Waals surface area contributed by atoms with E-state index in [1.54, 1.807) is 12.1 Å². The molecular weight excluding hydrogens is 270 g/mol. The molecule has 1 aliphatic rings. The summed E-state index contributed by atoms with van der Waals surface area (Å²) in [5.74, 6) is -0.899. The number of carbonyl (C=O) groups is 2. The first-order valence-corrected chi connectivity index (χ1v) is 7.28. The molecule has 1 heterocycles. The largest absolute Gasteiger partial charge is 0.481 e. The second kappa shape index (κ2) is 7.22. The van der Waals surface area contributed by atoms with Gasteiger partial charge in [-0.1, -0.05) is 19.1 Å². The van der Waals surface area contributed by atoms with E-state index in [4.69, 9.17) is 9.84 Å². The fourth-order valence-electron chi connectivity index (χ4n) is 2.50. The molecule has 2 N–H and O–H groups in total. The van der Waals surface area contributed by atoms with Gasteiger partial charge < -0.3 is 15.2 Å². The summed E-state index contributed by atoms with van der Waals surface area (Å²) >= 11 is 0. The Balaban J connectivity index is 1.86. The molecule has 2 unspecified atom stereocenters. The predicted molar refractivity (Wildman–Crippen MR) is 79.3 cm³/mol. The Labute approximate surface area is 124 Å². The number of carboxylic acid groups (broad SMARTS) is 1. The monoisotopic (exact) mass is 291 g/mol. The van der Waals surface area contributed by atoms with Crippen LogP contribution < -0.4 is 5.32 Å². The Kier molecular flexibility index (Phi) is 5.33. The molecule has 2 rings (SSSR count). The van der Waals surface area contributed by atoms with Crippen molar-refractivity contribution in [2.45, 2.75) is 44.6 Å². The van der Waals surface area contributed by atoms with Gasteiger partial charge in [-0.2, -0.15) is 0 Å². The summed E-state index contributed by atoms with van der Waals surface area (Å²) < 4.78 is 5.43. The molecule has 0 bridgehead atoms. The van der Waals surface area contributed by atoms with Crippen LogP contribution in [0.3, 0.4) is 0 Å². The van der Waals surface area contributed by atoms with Crippen LogP contribution in [0.2, 0.25) is 0 Å². The molecule has 1 amide bonds. The third kappa shape index (κ3) is 4.86. The van der Waals surface area contributed by atoms with Crippen molar-refractivity contribution in [2.24, 2.45) is 0 Å². The molecule has 1 saturated heterocycles. The molecule has 1 aliphatic heterocycles. The Bertz CT molecular complexity index is 492. The number of hydrogen-bond acceptors (Lipinski definition) is 3. The van der Waals surface area contributed by atoms with E-state index in [2.05, 4.69) is 5.32 Å². The molecule has 5 nitrogen and oxygen atoms in total. The van der Waals surface area contributed by atoms with Gasteiger partial charge in [-0.05, 0) is 36.5 Å². The van der Waals surface area contributed by atoms with Crippen molar-refractivity contribution in [3.8, 4) is 0 Å². The summed E-state index contributed by atoms with van der Waals surface area (Å²) in [4.78, 5) is 22.6. The molecule has 1 aromatic carbocycles. The van der Waals surface area contributed by atoms with E-state index in [1.807, 2.05) is 19.1 Å². The van der Waals surface area contributed by atoms with Crippen LogP contribution in [0, 0.1) is 0 Å². The maximum Gasteiger partial charge on any atom is 0.303 e. The normalized spacial score (nSPS) is 19.2. The van der Waals surface area contributed by atoms with Gasteiger partial charge in [0.1, 0.15) is 0 Å². The van der Waals surface area contributed by atoms with Gasteiger partial charge >= 0.3 is 5.97 Å². The van der Waals surface area contributed by atoms with E-state index in [-0.39, 0.29) is 24.3 Å². The SMILES string of the molecule is CC(CC(=O)O)c1ccc(NC(=O)CC2CCCO2)cc1. The van der Waals surface area contributed by atoms with Crippen molar-refractivity contribution in [2.75, 3.05) is 11.9 Å². The molecule has 1 fully saturated rings. The van der Waals surface area contributed by atoms with Gasteiger partial charge in [0.15, 0.2) is 0 Å². The lowest BCUT2D eigenvalue weighted by Crippen LogP contribution is -2.19. The number of hydrogen-bond donors (Lipinski definition) is 2. The summed E-state index contributed by atoms with van der Waals surface area (Å²) in [6, 6.07) is 7.33. The number of aliphatic carboxylic acids is 1.